The number of halogens is 2. The highest BCUT2D eigenvalue weighted by Gasteiger charge is 2.12. The van der Waals surface area contributed by atoms with Gasteiger partial charge in [0.2, 0.25) is 0 Å². The summed E-state index contributed by atoms with van der Waals surface area (Å²) < 4.78 is 6.59. The van der Waals surface area contributed by atoms with Crippen molar-refractivity contribution in [3.63, 3.8) is 0 Å². The van der Waals surface area contributed by atoms with Gasteiger partial charge in [-0.2, -0.15) is 0 Å². The average molecular weight is 373 g/mol. The lowest BCUT2D eigenvalue weighted by molar-refractivity contribution is 0.0995. The van der Waals surface area contributed by atoms with Crippen LogP contribution in [0.15, 0.2) is 43.9 Å². The Balaban J connectivity index is 2.16. The Morgan fingerprint density at radius 3 is 2.61 bits per heavy atom. The molecule has 1 N–H and O–H groups in total. The number of amides is 1. The van der Waals surface area contributed by atoms with Crippen LogP contribution in [0.3, 0.4) is 0 Å². The van der Waals surface area contributed by atoms with E-state index in [4.69, 9.17) is 4.42 Å². The maximum absolute atomic E-state index is 11.9. The number of aryl methyl sites for hydroxylation is 1. The van der Waals surface area contributed by atoms with Gasteiger partial charge in [-0.3, -0.25) is 4.79 Å². The van der Waals surface area contributed by atoms with Crippen molar-refractivity contribution in [2.75, 3.05) is 5.32 Å². The maximum Gasteiger partial charge on any atom is 0.291 e. The van der Waals surface area contributed by atoms with Crippen molar-refractivity contribution in [2.45, 2.75) is 13.3 Å². The highest BCUT2D eigenvalue weighted by atomic mass is 79.9. The van der Waals surface area contributed by atoms with E-state index in [-0.39, 0.29) is 11.7 Å². The van der Waals surface area contributed by atoms with E-state index in [1.807, 2.05) is 18.2 Å². The Bertz CT molecular complexity index is 578. The van der Waals surface area contributed by atoms with Gasteiger partial charge < -0.3 is 9.73 Å². The predicted molar refractivity (Wildman–Crippen MR) is 77.9 cm³/mol. The molecule has 0 radical (unpaired) electrons. The average Bonchev–Trinajstić information content (AvgIpc) is 2.78. The summed E-state index contributed by atoms with van der Waals surface area (Å²) in [5.74, 6) is -0.000934. The fourth-order valence-corrected chi connectivity index (χ4v) is 2.33. The first-order valence-electron chi connectivity index (χ1n) is 5.45. The van der Waals surface area contributed by atoms with Gasteiger partial charge in [-0.15, -0.1) is 0 Å². The third kappa shape index (κ3) is 3.03. The lowest BCUT2D eigenvalue weighted by atomic mass is 10.1. The number of furan rings is 1. The number of carbonyl (C=O) groups excluding carboxylic acids is 1. The molecule has 18 heavy (non-hydrogen) atoms. The molecule has 1 aromatic heterocycles. The van der Waals surface area contributed by atoms with Gasteiger partial charge in [0.15, 0.2) is 10.4 Å². The molecule has 94 valence electrons. The van der Waals surface area contributed by atoms with Crippen molar-refractivity contribution < 1.29 is 9.21 Å². The molecule has 1 heterocycles. The van der Waals surface area contributed by atoms with Gasteiger partial charge in [0.1, 0.15) is 0 Å². The molecule has 0 atom stereocenters. The lowest BCUT2D eigenvalue weighted by Crippen LogP contribution is -2.11. The smallest absolute Gasteiger partial charge is 0.291 e. The molecule has 1 aromatic carbocycles. The number of nitrogens with one attached hydrogen (secondary N) is 1. The van der Waals surface area contributed by atoms with Crippen molar-refractivity contribution in [2.24, 2.45) is 0 Å². The van der Waals surface area contributed by atoms with Crippen LogP contribution < -0.4 is 5.32 Å². The van der Waals surface area contributed by atoms with E-state index in [1.165, 1.54) is 5.56 Å². The zero-order valence-electron chi connectivity index (χ0n) is 9.67. The first-order valence-corrected chi connectivity index (χ1v) is 7.04. The van der Waals surface area contributed by atoms with Crippen LogP contribution in [0.5, 0.6) is 0 Å². The summed E-state index contributed by atoms with van der Waals surface area (Å²) in [6.45, 7) is 2.08. The largest absolute Gasteiger partial charge is 0.444 e. The van der Waals surface area contributed by atoms with Crippen molar-refractivity contribution in [1.82, 2.24) is 0 Å². The molecule has 0 aliphatic carbocycles. The van der Waals surface area contributed by atoms with E-state index in [0.29, 0.717) is 4.67 Å². The molecule has 5 heteroatoms. The zero-order chi connectivity index (χ0) is 13.1. The molecule has 0 bridgehead atoms. The third-order valence-electron chi connectivity index (χ3n) is 2.49. The summed E-state index contributed by atoms with van der Waals surface area (Å²) in [5.41, 5.74) is 1.94. The van der Waals surface area contributed by atoms with E-state index in [0.717, 1.165) is 16.6 Å². The minimum Gasteiger partial charge on any atom is -0.444 e. The molecular weight excluding hydrogens is 362 g/mol. The summed E-state index contributed by atoms with van der Waals surface area (Å²) in [6.07, 6.45) is 0.956. The Morgan fingerprint density at radius 2 is 2.06 bits per heavy atom. The van der Waals surface area contributed by atoms with Crippen LogP contribution in [0.1, 0.15) is 23.0 Å². The van der Waals surface area contributed by atoms with E-state index >= 15 is 0 Å². The molecule has 2 aromatic rings. The summed E-state index contributed by atoms with van der Waals surface area (Å²) in [4.78, 5) is 11.9. The van der Waals surface area contributed by atoms with Gasteiger partial charge in [0.25, 0.3) is 5.91 Å². The summed E-state index contributed by atoms with van der Waals surface area (Å²) >= 11 is 6.60. The van der Waals surface area contributed by atoms with Gasteiger partial charge >= 0.3 is 0 Å². The first-order chi connectivity index (χ1) is 8.60. The molecule has 0 saturated heterocycles. The van der Waals surface area contributed by atoms with Gasteiger partial charge in [0, 0.05) is 4.47 Å². The Hall–Kier alpha value is -1.07. The Morgan fingerprint density at radius 1 is 1.28 bits per heavy atom. The van der Waals surface area contributed by atoms with Crippen molar-refractivity contribution >= 4 is 43.5 Å². The normalized spacial score (nSPS) is 10.4. The number of rotatable bonds is 3. The second-order valence-corrected chi connectivity index (χ2v) is 5.36. The summed E-state index contributed by atoms with van der Waals surface area (Å²) in [7, 11) is 0. The minimum atomic E-state index is -0.273. The van der Waals surface area contributed by atoms with Crippen LogP contribution >= 0.6 is 31.9 Å². The van der Waals surface area contributed by atoms with Crippen molar-refractivity contribution in [1.29, 1.82) is 0 Å². The summed E-state index contributed by atoms with van der Waals surface area (Å²) in [6, 6.07) is 9.16. The molecular formula is C13H11Br2NO2. The number of carbonyl (C=O) groups is 1. The van der Waals surface area contributed by atoms with Crippen LogP contribution in [0.4, 0.5) is 5.69 Å². The minimum absolute atomic E-state index is 0.272. The van der Waals surface area contributed by atoms with E-state index in [1.54, 1.807) is 12.1 Å². The molecule has 2 rings (SSSR count). The van der Waals surface area contributed by atoms with Crippen LogP contribution in [-0.2, 0) is 6.42 Å². The molecule has 0 saturated carbocycles. The zero-order valence-corrected chi connectivity index (χ0v) is 12.8. The number of hydrogen-bond donors (Lipinski definition) is 1. The second kappa shape index (κ2) is 5.71. The first kappa shape index (κ1) is 13.4. The lowest BCUT2D eigenvalue weighted by Gasteiger charge is -2.07. The van der Waals surface area contributed by atoms with Crippen LogP contribution in [0, 0.1) is 0 Å². The van der Waals surface area contributed by atoms with Gasteiger partial charge in [-0.1, -0.05) is 13.0 Å². The molecule has 0 unspecified atom stereocenters. The number of benzene rings is 1. The van der Waals surface area contributed by atoms with Crippen LogP contribution in [0.2, 0.25) is 0 Å². The monoisotopic (exact) mass is 371 g/mol. The predicted octanol–water partition coefficient (Wildman–Crippen LogP) is 4.62. The topological polar surface area (TPSA) is 42.2 Å². The summed E-state index contributed by atoms with van der Waals surface area (Å²) in [5, 5.41) is 2.79. The highest BCUT2D eigenvalue weighted by molar-refractivity contribution is 9.10. The second-order valence-electron chi connectivity index (χ2n) is 3.73. The molecule has 0 spiro atoms. The molecule has 1 amide bonds. The standard InChI is InChI=1S/C13H11Br2NO2/c1-2-8-3-4-10(9(14)7-8)16-13(17)11-5-6-12(15)18-11/h3-7H,2H2,1H3,(H,16,17). The highest BCUT2D eigenvalue weighted by Crippen LogP contribution is 2.25. The fourth-order valence-electron chi connectivity index (χ4n) is 1.50. The van der Waals surface area contributed by atoms with Crippen LogP contribution in [0.25, 0.3) is 0 Å². The van der Waals surface area contributed by atoms with E-state index in [9.17, 15) is 4.79 Å². The van der Waals surface area contributed by atoms with E-state index < -0.39 is 0 Å². The molecule has 0 aliphatic rings. The molecule has 0 fully saturated rings. The molecule has 3 nitrogen and oxygen atoms in total. The quantitative estimate of drug-likeness (QED) is 0.854. The number of anilines is 1. The Kier molecular flexibility index (Phi) is 4.24. The van der Waals surface area contributed by atoms with Gasteiger partial charge in [-0.25, -0.2) is 0 Å². The number of hydrogen-bond acceptors (Lipinski definition) is 2. The third-order valence-corrected chi connectivity index (χ3v) is 3.57. The van der Waals surface area contributed by atoms with Gasteiger partial charge in [-0.05, 0) is 68.1 Å². The SMILES string of the molecule is CCc1ccc(NC(=O)c2ccc(Br)o2)c(Br)c1. The maximum atomic E-state index is 11.9. The molecule has 0 aliphatic heterocycles. The van der Waals surface area contributed by atoms with Crippen molar-refractivity contribution in [3.05, 3.63) is 50.8 Å². The van der Waals surface area contributed by atoms with Gasteiger partial charge in [0.05, 0.1) is 5.69 Å². The van der Waals surface area contributed by atoms with Crippen molar-refractivity contribution in [3.8, 4) is 0 Å². The fraction of sp³-hybridized carbons (Fsp3) is 0.154. The van der Waals surface area contributed by atoms with E-state index in [2.05, 4.69) is 44.1 Å². The van der Waals surface area contributed by atoms with Crippen LogP contribution in [-0.4, -0.2) is 5.91 Å². The Labute approximate surface area is 122 Å².